The number of rotatable bonds is 4. The number of nitrogens with one attached hydrogen (secondary N) is 2. The third-order valence-electron chi connectivity index (χ3n) is 4.15. The average Bonchev–Trinajstić information content (AvgIpc) is 2.97. The topological polar surface area (TPSA) is 67.2 Å². The molecule has 5 nitrogen and oxygen atoms in total. The Labute approximate surface area is 136 Å². The number of amides is 1. The van der Waals surface area contributed by atoms with E-state index in [0.29, 0.717) is 18.0 Å². The molecular weight excluding hydrogens is 323 g/mol. The highest BCUT2D eigenvalue weighted by Gasteiger charge is 2.37. The maximum Gasteiger partial charge on any atom is 0.468 e. The first-order valence-corrected chi connectivity index (χ1v) is 7.90. The molecule has 130 valence electrons. The number of halogens is 3. The molecular formula is C16H18F3N3O2. The molecule has 0 aliphatic carbocycles. The molecule has 1 fully saturated rings. The highest BCUT2D eigenvalue weighted by Crippen LogP contribution is 2.31. The van der Waals surface area contributed by atoms with Crippen LogP contribution in [0.5, 0.6) is 0 Å². The van der Waals surface area contributed by atoms with E-state index in [9.17, 15) is 18.0 Å². The van der Waals surface area contributed by atoms with Crippen molar-refractivity contribution in [2.75, 3.05) is 18.4 Å². The Bertz CT molecular complexity index is 721. The van der Waals surface area contributed by atoms with Crippen LogP contribution < -0.4 is 10.6 Å². The zero-order valence-corrected chi connectivity index (χ0v) is 12.9. The molecule has 1 aromatic carbocycles. The number of piperidine rings is 1. The first-order chi connectivity index (χ1) is 11.4. The molecule has 24 heavy (non-hydrogen) atoms. The van der Waals surface area contributed by atoms with Crippen LogP contribution >= 0.6 is 0 Å². The highest BCUT2D eigenvalue weighted by molar-refractivity contribution is 5.92. The van der Waals surface area contributed by atoms with Crippen LogP contribution in [0.3, 0.4) is 0 Å². The van der Waals surface area contributed by atoms with Crippen molar-refractivity contribution in [3.8, 4) is 0 Å². The smallest absolute Gasteiger partial charge is 0.433 e. The fourth-order valence-electron chi connectivity index (χ4n) is 2.86. The predicted molar refractivity (Wildman–Crippen MR) is 82.5 cm³/mol. The van der Waals surface area contributed by atoms with Crippen LogP contribution in [0.4, 0.5) is 18.9 Å². The number of anilines is 1. The van der Waals surface area contributed by atoms with Crippen LogP contribution in [0, 0.1) is 5.92 Å². The lowest BCUT2D eigenvalue weighted by Crippen LogP contribution is -2.28. The van der Waals surface area contributed by atoms with Crippen molar-refractivity contribution in [2.24, 2.45) is 5.92 Å². The van der Waals surface area contributed by atoms with Gasteiger partial charge in [-0.3, -0.25) is 4.79 Å². The Kier molecular flexibility index (Phi) is 4.75. The first-order valence-electron chi connectivity index (χ1n) is 7.90. The number of nitrogens with zero attached hydrogens (tertiary/aromatic N) is 1. The summed E-state index contributed by atoms with van der Waals surface area (Å²) in [4.78, 5) is 15.4. The fraction of sp³-hybridized carbons (Fsp3) is 0.500. The van der Waals surface area contributed by atoms with Gasteiger partial charge in [0.05, 0.1) is 0 Å². The summed E-state index contributed by atoms with van der Waals surface area (Å²) in [7, 11) is 0. The van der Waals surface area contributed by atoms with Gasteiger partial charge in [-0.25, -0.2) is 4.98 Å². The van der Waals surface area contributed by atoms with Crippen molar-refractivity contribution in [3.05, 3.63) is 24.1 Å². The van der Waals surface area contributed by atoms with E-state index in [1.165, 1.54) is 18.2 Å². The first kappa shape index (κ1) is 16.8. The van der Waals surface area contributed by atoms with Crippen molar-refractivity contribution < 1.29 is 22.4 Å². The zero-order chi connectivity index (χ0) is 17.2. The van der Waals surface area contributed by atoms with E-state index in [-0.39, 0.29) is 17.0 Å². The van der Waals surface area contributed by atoms with Crippen LogP contribution in [0.2, 0.25) is 0 Å². The van der Waals surface area contributed by atoms with Gasteiger partial charge >= 0.3 is 12.1 Å². The molecule has 0 radical (unpaired) electrons. The third kappa shape index (κ3) is 4.05. The van der Waals surface area contributed by atoms with Crippen LogP contribution in [0.25, 0.3) is 11.1 Å². The minimum atomic E-state index is -4.63. The van der Waals surface area contributed by atoms with Crippen LogP contribution in [0.15, 0.2) is 22.6 Å². The second-order valence-electron chi connectivity index (χ2n) is 5.98. The van der Waals surface area contributed by atoms with Gasteiger partial charge in [-0.1, -0.05) is 0 Å². The summed E-state index contributed by atoms with van der Waals surface area (Å²) in [6, 6.07) is 4.27. The van der Waals surface area contributed by atoms with E-state index in [1.54, 1.807) is 0 Å². The van der Waals surface area contributed by atoms with E-state index in [2.05, 4.69) is 20.0 Å². The van der Waals surface area contributed by atoms with E-state index < -0.39 is 12.1 Å². The summed E-state index contributed by atoms with van der Waals surface area (Å²) in [5.41, 5.74) is 0.522. The molecule has 1 amide bonds. The SMILES string of the molecule is O=C(CCC1CCNCC1)Nc1ccc2oc(C(F)(F)F)nc2c1. The second kappa shape index (κ2) is 6.80. The molecule has 8 heteroatoms. The summed E-state index contributed by atoms with van der Waals surface area (Å²) >= 11 is 0. The number of fused-ring (bicyclic) bond motifs is 1. The minimum Gasteiger partial charge on any atom is -0.433 e. The lowest BCUT2D eigenvalue weighted by Gasteiger charge is -2.22. The molecule has 0 unspecified atom stereocenters. The van der Waals surface area contributed by atoms with Crippen LogP contribution in [-0.4, -0.2) is 24.0 Å². The van der Waals surface area contributed by atoms with E-state index in [1.807, 2.05) is 0 Å². The Hall–Kier alpha value is -2.09. The summed E-state index contributed by atoms with van der Waals surface area (Å²) in [6.07, 6.45) is -1.28. The number of aromatic nitrogens is 1. The van der Waals surface area contributed by atoms with Gasteiger partial charge in [-0.2, -0.15) is 13.2 Å². The molecule has 0 spiro atoms. The van der Waals surface area contributed by atoms with Gasteiger partial charge in [0, 0.05) is 12.1 Å². The molecule has 0 saturated carbocycles. The van der Waals surface area contributed by atoms with Crippen LogP contribution in [-0.2, 0) is 11.0 Å². The molecule has 1 saturated heterocycles. The van der Waals surface area contributed by atoms with Gasteiger partial charge < -0.3 is 15.1 Å². The number of hydrogen-bond acceptors (Lipinski definition) is 4. The van der Waals surface area contributed by atoms with Crippen molar-refractivity contribution in [3.63, 3.8) is 0 Å². The van der Waals surface area contributed by atoms with Crippen LogP contribution in [0.1, 0.15) is 31.6 Å². The molecule has 2 aromatic rings. The van der Waals surface area contributed by atoms with E-state index in [4.69, 9.17) is 0 Å². The maximum atomic E-state index is 12.6. The molecule has 1 aliphatic heterocycles. The monoisotopic (exact) mass is 341 g/mol. The van der Waals surface area contributed by atoms with Gasteiger partial charge in [0.15, 0.2) is 5.58 Å². The summed E-state index contributed by atoms with van der Waals surface area (Å²) in [5.74, 6) is -0.885. The number of carbonyl (C=O) groups excluding carboxylic acids is 1. The normalized spacial score (nSPS) is 16.5. The third-order valence-corrected chi connectivity index (χ3v) is 4.15. The quantitative estimate of drug-likeness (QED) is 0.892. The number of oxazole rings is 1. The van der Waals surface area contributed by atoms with Gasteiger partial charge in [-0.05, 0) is 56.5 Å². The molecule has 1 aromatic heterocycles. The number of alkyl halides is 3. The molecule has 2 heterocycles. The van der Waals surface area contributed by atoms with Gasteiger partial charge in [0.1, 0.15) is 5.52 Å². The number of carbonyl (C=O) groups is 1. The highest BCUT2D eigenvalue weighted by atomic mass is 19.4. The van der Waals surface area contributed by atoms with Crippen molar-refractivity contribution >= 4 is 22.7 Å². The van der Waals surface area contributed by atoms with Crippen molar-refractivity contribution in [1.82, 2.24) is 10.3 Å². The van der Waals surface area contributed by atoms with Crippen molar-refractivity contribution in [1.29, 1.82) is 0 Å². The Morgan fingerprint density at radius 3 is 2.79 bits per heavy atom. The fourth-order valence-corrected chi connectivity index (χ4v) is 2.86. The predicted octanol–water partition coefficient (Wildman–Crippen LogP) is 3.56. The van der Waals surface area contributed by atoms with Gasteiger partial charge in [0.25, 0.3) is 0 Å². The molecule has 0 bridgehead atoms. The zero-order valence-electron chi connectivity index (χ0n) is 12.9. The number of hydrogen-bond donors (Lipinski definition) is 2. The second-order valence-corrected chi connectivity index (χ2v) is 5.98. The Morgan fingerprint density at radius 1 is 1.33 bits per heavy atom. The standard InChI is InChI=1S/C16H18F3N3O2/c17-16(18,19)15-22-12-9-11(2-3-13(12)24-15)21-14(23)4-1-10-5-7-20-8-6-10/h2-3,9-10,20H,1,4-8H2,(H,21,23). The molecule has 3 rings (SSSR count). The van der Waals surface area contributed by atoms with E-state index in [0.717, 1.165) is 32.4 Å². The lowest BCUT2D eigenvalue weighted by molar-refractivity contribution is -0.156. The lowest BCUT2D eigenvalue weighted by atomic mass is 9.93. The average molecular weight is 341 g/mol. The van der Waals surface area contributed by atoms with E-state index >= 15 is 0 Å². The maximum absolute atomic E-state index is 12.6. The molecule has 1 aliphatic rings. The minimum absolute atomic E-state index is 0.0371. The largest absolute Gasteiger partial charge is 0.468 e. The van der Waals surface area contributed by atoms with Gasteiger partial charge in [-0.15, -0.1) is 0 Å². The van der Waals surface area contributed by atoms with Gasteiger partial charge in [0.2, 0.25) is 5.91 Å². The Balaban J connectivity index is 1.61. The molecule has 0 atom stereocenters. The van der Waals surface area contributed by atoms with Crippen molar-refractivity contribution in [2.45, 2.75) is 31.9 Å². The molecule has 2 N–H and O–H groups in total. The Morgan fingerprint density at radius 2 is 2.08 bits per heavy atom. The summed E-state index contributed by atoms with van der Waals surface area (Å²) < 4.78 is 42.4. The number of benzene rings is 1. The summed E-state index contributed by atoms with van der Waals surface area (Å²) in [5, 5.41) is 5.98. The summed E-state index contributed by atoms with van der Waals surface area (Å²) in [6.45, 7) is 1.97.